The Morgan fingerprint density at radius 3 is 2.54 bits per heavy atom. The average Bonchev–Trinajstić information content (AvgIpc) is 2.90. The van der Waals surface area contributed by atoms with Gasteiger partial charge in [0.2, 0.25) is 0 Å². The van der Waals surface area contributed by atoms with Crippen LogP contribution < -0.4 is 16.8 Å². The molecule has 8 nitrogen and oxygen atoms in total. The molecule has 0 bridgehead atoms. The number of nitrogens with one attached hydrogen (secondary N) is 1. The highest BCUT2D eigenvalue weighted by atomic mass is 16.3. The summed E-state index contributed by atoms with van der Waals surface area (Å²) in [4.78, 5) is 9.08. The number of aryl methyl sites for hydroxylation is 2. The molecular weight excluding hydrogens is 490 g/mol. The highest BCUT2D eigenvalue weighted by Gasteiger charge is 2.47. The van der Waals surface area contributed by atoms with Crippen molar-refractivity contribution in [3.05, 3.63) is 64.8 Å². The maximum atomic E-state index is 11.5. The molecule has 2 aromatic carbocycles. The normalized spacial score (nSPS) is 18.4. The molecule has 0 spiro atoms. The number of rotatable bonds is 11. The lowest BCUT2D eigenvalue weighted by Gasteiger charge is -2.45. The Kier molecular flexibility index (Phi) is 9.30. The van der Waals surface area contributed by atoms with Crippen molar-refractivity contribution in [1.82, 2.24) is 10.3 Å². The Balaban J connectivity index is 1.60. The second kappa shape index (κ2) is 12.7. The number of unbranched alkanes of at least 4 members (excludes halogenated alkanes) is 3. The third-order valence-corrected chi connectivity index (χ3v) is 8.36. The molecule has 0 saturated carbocycles. The lowest BCUT2D eigenvalue weighted by atomic mass is 9.61. The Labute approximate surface area is 231 Å². The van der Waals surface area contributed by atoms with Crippen LogP contribution in [0.1, 0.15) is 61.9 Å². The lowest BCUT2D eigenvalue weighted by molar-refractivity contribution is 0.0542. The Hall–Kier alpha value is -3.36. The van der Waals surface area contributed by atoms with Gasteiger partial charge in [0.05, 0.1) is 11.6 Å². The quantitative estimate of drug-likeness (QED) is 0.0953. The largest absolute Gasteiger partial charge is 0.504 e. The van der Waals surface area contributed by atoms with Crippen molar-refractivity contribution in [3.63, 3.8) is 0 Å². The minimum atomic E-state index is -0.851. The first-order valence-electron chi connectivity index (χ1n) is 14.1. The number of nitrogens with two attached hydrogens (primary N) is 2. The van der Waals surface area contributed by atoms with E-state index in [1.54, 1.807) is 13.0 Å². The molecule has 1 aliphatic carbocycles. The van der Waals surface area contributed by atoms with Gasteiger partial charge in [-0.3, -0.25) is 9.98 Å². The SMILES string of the molecule is CC(O)C1(C(C)CNCCCCCCN=C(N)N)Cc2nc3ccccc3cc2CCc2ccc(O)c(O)c21. The van der Waals surface area contributed by atoms with Crippen LogP contribution in [0.5, 0.6) is 11.5 Å². The lowest BCUT2D eigenvalue weighted by Crippen LogP contribution is -2.50. The number of hydrogen-bond acceptors (Lipinski definition) is 6. The second-order valence-corrected chi connectivity index (χ2v) is 11.0. The van der Waals surface area contributed by atoms with Gasteiger partial charge in [-0.2, -0.15) is 0 Å². The molecule has 3 aromatic rings. The maximum Gasteiger partial charge on any atom is 0.185 e. The van der Waals surface area contributed by atoms with E-state index >= 15 is 0 Å². The van der Waals surface area contributed by atoms with Crippen LogP contribution in [0.2, 0.25) is 0 Å². The number of aromatic hydroxyl groups is 2. The molecule has 3 unspecified atom stereocenters. The van der Waals surface area contributed by atoms with E-state index in [0.29, 0.717) is 31.5 Å². The van der Waals surface area contributed by atoms with Crippen LogP contribution >= 0.6 is 0 Å². The number of phenols is 2. The molecule has 0 fully saturated rings. The number of aliphatic hydroxyl groups is 1. The minimum absolute atomic E-state index is 0.0648. The van der Waals surface area contributed by atoms with E-state index in [1.165, 1.54) is 0 Å². The predicted molar refractivity (Wildman–Crippen MR) is 157 cm³/mol. The molecule has 8 heteroatoms. The summed E-state index contributed by atoms with van der Waals surface area (Å²) in [6.07, 6.45) is 5.24. The molecule has 3 atom stereocenters. The van der Waals surface area contributed by atoms with Crippen LogP contribution in [0.3, 0.4) is 0 Å². The highest BCUT2D eigenvalue weighted by Crippen LogP contribution is 2.49. The van der Waals surface area contributed by atoms with E-state index in [-0.39, 0.29) is 23.4 Å². The third kappa shape index (κ3) is 6.28. The van der Waals surface area contributed by atoms with Gasteiger partial charge in [-0.05, 0) is 80.9 Å². The first kappa shape index (κ1) is 28.6. The number of para-hydroxylation sites is 1. The Morgan fingerprint density at radius 1 is 1.03 bits per heavy atom. The van der Waals surface area contributed by atoms with Crippen LogP contribution in [-0.2, 0) is 24.7 Å². The fourth-order valence-electron chi connectivity index (χ4n) is 6.17. The standard InChI is InChI=1S/C31H43N5O3/c1-20(19-34-15-7-3-4-8-16-35-30(32)33)31(21(2)37)18-26-24(17-23-9-5-6-10-25(23)36-26)12-11-22-13-14-27(38)29(39)28(22)31/h5-6,9-10,13-14,17,20-21,34,37-39H,3-4,7-8,11-12,15-16,18-19H2,1-2H3,(H4,32,33,35). The molecule has 0 aliphatic heterocycles. The number of pyridine rings is 1. The van der Waals surface area contributed by atoms with Gasteiger partial charge in [-0.1, -0.05) is 44.0 Å². The molecule has 1 aliphatic rings. The van der Waals surface area contributed by atoms with E-state index in [2.05, 4.69) is 29.4 Å². The smallest absolute Gasteiger partial charge is 0.185 e. The van der Waals surface area contributed by atoms with Crippen molar-refractivity contribution < 1.29 is 15.3 Å². The number of benzene rings is 2. The van der Waals surface area contributed by atoms with Crippen molar-refractivity contribution in [2.24, 2.45) is 22.4 Å². The molecular formula is C31H43N5O3. The topological polar surface area (TPSA) is 150 Å². The van der Waals surface area contributed by atoms with E-state index in [4.69, 9.17) is 16.5 Å². The fourth-order valence-corrected chi connectivity index (χ4v) is 6.17. The first-order valence-corrected chi connectivity index (χ1v) is 14.1. The maximum absolute atomic E-state index is 11.5. The van der Waals surface area contributed by atoms with Crippen molar-refractivity contribution in [2.75, 3.05) is 19.6 Å². The van der Waals surface area contributed by atoms with E-state index in [0.717, 1.165) is 66.4 Å². The van der Waals surface area contributed by atoms with Gasteiger partial charge in [0.15, 0.2) is 17.5 Å². The third-order valence-electron chi connectivity index (χ3n) is 8.36. The van der Waals surface area contributed by atoms with Crippen LogP contribution in [0.4, 0.5) is 0 Å². The fraction of sp³-hybridized carbons (Fsp3) is 0.484. The summed E-state index contributed by atoms with van der Waals surface area (Å²) >= 11 is 0. The molecule has 0 saturated heterocycles. The van der Waals surface area contributed by atoms with Gasteiger partial charge in [0.1, 0.15) is 0 Å². The minimum Gasteiger partial charge on any atom is -0.504 e. The summed E-state index contributed by atoms with van der Waals surface area (Å²) in [6.45, 7) is 6.06. The zero-order valence-electron chi connectivity index (χ0n) is 23.2. The van der Waals surface area contributed by atoms with Crippen molar-refractivity contribution in [1.29, 1.82) is 0 Å². The van der Waals surface area contributed by atoms with Crippen molar-refractivity contribution in [2.45, 2.75) is 70.3 Å². The molecule has 1 heterocycles. The average molecular weight is 534 g/mol. The van der Waals surface area contributed by atoms with E-state index in [9.17, 15) is 15.3 Å². The van der Waals surface area contributed by atoms with Crippen LogP contribution in [-0.4, -0.2) is 52.0 Å². The number of phenolic OH excluding ortho intramolecular Hbond substituents is 2. The van der Waals surface area contributed by atoms with Crippen LogP contribution in [0.25, 0.3) is 10.9 Å². The van der Waals surface area contributed by atoms with Gasteiger partial charge >= 0.3 is 0 Å². The summed E-state index contributed by atoms with van der Waals surface area (Å²) in [6, 6.07) is 13.8. The highest BCUT2D eigenvalue weighted by molar-refractivity contribution is 5.79. The summed E-state index contributed by atoms with van der Waals surface area (Å²) in [5, 5.41) is 38.0. The number of guanidine groups is 1. The number of aliphatic hydroxyl groups excluding tert-OH is 1. The predicted octanol–water partition coefficient (Wildman–Crippen LogP) is 3.67. The Morgan fingerprint density at radius 2 is 1.77 bits per heavy atom. The monoisotopic (exact) mass is 533 g/mol. The van der Waals surface area contributed by atoms with E-state index < -0.39 is 11.5 Å². The van der Waals surface area contributed by atoms with Gasteiger partial charge < -0.3 is 32.1 Å². The molecule has 0 amide bonds. The zero-order valence-corrected chi connectivity index (χ0v) is 23.2. The summed E-state index contributed by atoms with van der Waals surface area (Å²) in [7, 11) is 0. The molecule has 0 radical (unpaired) electrons. The van der Waals surface area contributed by atoms with Crippen molar-refractivity contribution >= 4 is 16.9 Å². The first-order chi connectivity index (χ1) is 18.7. The van der Waals surface area contributed by atoms with Crippen molar-refractivity contribution in [3.8, 4) is 11.5 Å². The van der Waals surface area contributed by atoms with Gasteiger partial charge in [-0.15, -0.1) is 0 Å². The molecule has 1 aromatic heterocycles. The number of aromatic nitrogens is 1. The molecule has 39 heavy (non-hydrogen) atoms. The van der Waals surface area contributed by atoms with Crippen LogP contribution in [0.15, 0.2) is 47.5 Å². The second-order valence-electron chi connectivity index (χ2n) is 11.0. The molecule has 8 N–H and O–H groups in total. The van der Waals surface area contributed by atoms with Gasteiger partial charge in [-0.25, -0.2) is 0 Å². The molecule has 4 rings (SSSR count). The van der Waals surface area contributed by atoms with Gasteiger partial charge in [0.25, 0.3) is 0 Å². The van der Waals surface area contributed by atoms with E-state index in [1.807, 2.05) is 24.3 Å². The number of nitrogens with zero attached hydrogens (tertiary/aromatic N) is 2. The number of fused-ring (bicyclic) bond motifs is 3. The Bertz CT molecular complexity index is 1300. The number of hydrogen-bond donors (Lipinski definition) is 6. The molecule has 210 valence electrons. The summed E-state index contributed by atoms with van der Waals surface area (Å²) in [5.41, 5.74) is 14.5. The van der Waals surface area contributed by atoms with Crippen LogP contribution in [0, 0.1) is 5.92 Å². The number of aliphatic imine (C=N–C) groups is 1. The van der Waals surface area contributed by atoms with Gasteiger partial charge in [0, 0.05) is 35.0 Å². The zero-order chi connectivity index (χ0) is 28.0. The summed E-state index contributed by atoms with van der Waals surface area (Å²) < 4.78 is 0. The summed E-state index contributed by atoms with van der Waals surface area (Å²) in [5.74, 6) is -0.221.